The highest BCUT2D eigenvalue weighted by atomic mass is 16.5. The lowest BCUT2D eigenvalue weighted by Gasteiger charge is -2.49. The molecule has 4 heteroatoms. The highest BCUT2D eigenvalue weighted by molar-refractivity contribution is 5.83. The van der Waals surface area contributed by atoms with Crippen LogP contribution in [-0.2, 0) is 11.3 Å². The van der Waals surface area contributed by atoms with Gasteiger partial charge in [0.15, 0.2) is 0 Å². The summed E-state index contributed by atoms with van der Waals surface area (Å²) in [5.74, 6) is 1.41. The van der Waals surface area contributed by atoms with Gasteiger partial charge in [0.05, 0.1) is 6.10 Å². The molecule has 4 rings (SSSR count). The number of fused-ring (bicyclic) bond motifs is 1. The minimum absolute atomic E-state index is 0.166. The molecule has 0 radical (unpaired) electrons. The Bertz CT molecular complexity index is 919. The van der Waals surface area contributed by atoms with Gasteiger partial charge in [0.1, 0.15) is 12.7 Å². The summed E-state index contributed by atoms with van der Waals surface area (Å²) in [6, 6.07) is 15.5. The molecular weight excluding hydrogens is 346 g/mol. The van der Waals surface area contributed by atoms with Crippen LogP contribution in [0.2, 0.25) is 0 Å². The van der Waals surface area contributed by atoms with Gasteiger partial charge in [-0.2, -0.15) is 5.10 Å². The number of ether oxygens (including phenoxy) is 1. The lowest BCUT2D eigenvalue weighted by atomic mass is 9.61. The molecule has 148 valence electrons. The first-order valence-electron chi connectivity index (χ1n) is 10.3. The van der Waals surface area contributed by atoms with Gasteiger partial charge in [0.2, 0.25) is 0 Å². The Hall–Kier alpha value is -2.20. The first-order valence-corrected chi connectivity index (χ1v) is 10.3. The summed E-state index contributed by atoms with van der Waals surface area (Å²) in [6.07, 6.45) is 6.05. The van der Waals surface area contributed by atoms with Crippen LogP contribution in [0.4, 0.5) is 0 Å². The summed E-state index contributed by atoms with van der Waals surface area (Å²) in [6.45, 7) is 7.91. The van der Waals surface area contributed by atoms with E-state index in [1.165, 1.54) is 29.2 Å². The molecule has 0 aliphatic heterocycles. The van der Waals surface area contributed by atoms with Crippen molar-refractivity contribution in [1.29, 1.82) is 0 Å². The summed E-state index contributed by atoms with van der Waals surface area (Å²) >= 11 is 0. The van der Waals surface area contributed by atoms with Gasteiger partial charge in [-0.3, -0.25) is 4.68 Å². The van der Waals surface area contributed by atoms with E-state index >= 15 is 0 Å². The molecule has 0 saturated heterocycles. The van der Waals surface area contributed by atoms with Crippen LogP contribution in [-0.4, -0.2) is 28.0 Å². The molecule has 0 amide bonds. The molecule has 1 heterocycles. The second-order valence-corrected chi connectivity index (χ2v) is 9.02. The summed E-state index contributed by atoms with van der Waals surface area (Å²) in [4.78, 5) is 4.15. The largest absolute Gasteiger partial charge is 0.381 e. The topological polar surface area (TPSA) is 39.9 Å². The molecule has 1 fully saturated rings. The van der Waals surface area contributed by atoms with Gasteiger partial charge in [-0.15, -0.1) is 0 Å². The summed E-state index contributed by atoms with van der Waals surface area (Å²) in [7, 11) is 1.86. The minimum Gasteiger partial charge on any atom is -0.381 e. The molecule has 1 aliphatic carbocycles. The molecule has 2 aromatic carbocycles. The molecular formula is C24H31N3O. The summed E-state index contributed by atoms with van der Waals surface area (Å²) < 4.78 is 8.06. The fraction of sp³-hybridized carbons (Fsp3) is 0.500. The Morgan fingerprint density at radius 1 is 1.18 bits per heavy atom. The van der Waals surface area contributed by atoms with E-state index in [0.717, 1.165) is 6.54 Å². The SMILES string of the molecule is CO[C@@H]1[C@@H](Cn2cncn2)[C@@H](C(C)c2ccc3ccccc3c2)CCC1(C)C. The Balaban J connectivity index is 1.67. The lowest BCUT2D eigenvalue weighted by molar-refractivity contribution is -0.0952. The first kappa shape index (κ1) is 19.1. The third-order valence-electron chi connectivity index (χ3n) is 6.89. The Morgan fingerprint density at radius 2 is 1.96 bits per heavy atom. The Morgan fingerprint density at radius 3 is 2.68 bits per heavy atom. The number of rotatable bonds is 5. The molecule has 1 unspecified atom stereocenters. The highest BCUT2D eigenvalue weighted by Crippen LogP contribution is 2.49. The molecule has 0 spiro atoms. The van der Waals surface area contributed by atoms with E-state index < -0.39 is 0 Å². The van der Waals surface area contributed by atoms with Crippen LogP contribution >= 0.6 is 0 Å². The molecule has 1 aliphatic rings. The third-order valence-corrected chi connectivity index (χ3v) is 6.89. The number of benzene rings is 2. The van der Waals surface area contributed by atoms with Crippen molar-refractivity contribution in [2.24, 2.45) is 17.3 Å². The zero-order valence-electron chi connectivity index (χ0n) is 17.4. The van der Waals surface area contributed by atoms with E-state index in [1.807, 2.05) is 18.1 Å². The van der Waals surface area contributed by atoms with Crippen molar-refractivity contribution >= 4 is 10.8 Å². The van der Waals surface area contributed by atoms with Crippen LogP contribution in [0.15, 0.2) is 55.1 Å². The molecule has 0 N–H and O–H groups in total. The maximum absolute atomic E-state index is 6.09. The van der Waals surface area contributed by atoms with Crippen molar-refractivity contribution in [1.82, 2.24) is 14.8 Å². The molecule has 4 nitrogen and oxygen atoms in total. The zero-order valence-corrected chi connectivity index (χ0v) is 17.4. The molecule has 0 bridgehead atoms. The fourth-order valence-electron chi connectivity index (χ4n) is 5.33. The number of nitrogens with zero attached hydrogens (tertiary/aromatic N) is 3. The number of hydrogen-bond donors (Lipinski definition) is 0. The predicted octanol–water partition coefficient (Wildman–Crippen LogP) is 5.30. The smallest absolute Gasteiger partial charge is 0.137 e. The Kier molecular flexibility index (Phi) is 5.24. The second kappa shape index (κ2) is 7.67. The van der Waals surface area contributed by atoms with Crippen LogP contribution in [0.5, 0.6) is 0 Å². The van der Waals surface area contributed by atoms with E-state index in [0.29, 0.717) is 17.8 Å². The van der Waals surface area contributed by atoms with E-state index in [2.05, 4.69) is 73.3 Å². The van der Waals surface area contributed by atoms with Crippen molar-refractivity contribution in [3.63, 3.8) is 0 Å². The van der Waals surface area contributed by atoms with Gasteiger partial charge in [-0.05, 0) is 46.4 Å². The van der Waals surface area contributed by atoms with Crippen LogP contribution in [0.3, 0.4) is 0 Å². The lowest BCUT2D eigenvalue weighted by Crippen LogP contribution is -2.48. The normalized spacial score (nSPS) is 25.6. The fourth-order valence-corrected chi connectivity index (χ4v) is 5.33. The third kappa shape index (κ3) is 3.58. The van der Waals surface area contributed by atoms with Gasteiger partial charge in [0.25, 0.3) is 0 Å². The van der Waals surface area contributed by atoms with Gasteiger partial charge in [-0.1, -0.05) is 63.2 Å². The zero-order chi connectivity index (χ0) is 19.7. The average molecular weight is 378 g/mol. The number of methoxy groups -OCH3 is 1. The van der Waals surface area contributed by atoms with Crippen molar-refractivity contribution in [3.8, 4) is 0 Å². The average Bonchev–Trinajstić information content (AvgIpc) is 3.20. The van der Waals surface area contributed by atoms with Crippen molar-refractivity contribution in [3.05, 3.63) is 60.7 Å². The van der Waals surface area contributed by atoms with E-state index in [-0.39, 0.29) is 11.5 Å². The number of aromatic nitrogens is 3. The highest BCUT2D eigenvalue weighted by Gasteiger charge is 2.46. The van der Waals surface area contributed by atoms with Crippen LogP contribution in [0, 0.1) is 17.3 Å². The predicted molar refractivity (Wildman–Crippen MR) is 113 cm³/mol. The summed E-state index contributed by atoms with van der Waals surface area (Å²) in [5.41, 5.74) is 1.58. The molecule has 1 saturated carbocycles. The molecule has 3 aromatic rings. The van der Waals surface area contributed by atoms with Gasteiger partial charge in [0, 0.05) is 19.6 Å². The molecule has 1 aromatic heterocycles. The molecule has 28 heavy (non-hydrogen) atoms. The van der Waals surface area contributed by atoms with E-state index in [4.69, 9.17) is 4.74 Å². The van der Waals surface area contributed by atoms with E-state index in [1.54, 1.807) is 6.33 Å². The van der Waals surface area contributed by atoms with Gasteiger partial charge in [-0.25, -0.2) is 4.98 Å². The van der Waals surface area contributed by atoms with Crippen molar-refractivity contribution in [2.75, 3.05) is 7.11 Å². The van der Waals surface area contributed by atoms with Gasteiger partial charge >= 0.3 is 0 Å². The van der Waals surface area contributed by atoms with Crippen LogP contribution in [0.1, 0.15) is 45.1 Å². The second-order valence-electron chi connectivity index (χ2n) is 9.02. The number of hydrogen-bond acceptors (Lipinski definition) is 3. The van der Waals surface area contributed by atoms with E-state index in [9.17, 15) is 0 Å². The maximum atomic E-state index is 6.09. The monoisotopic (exact) mass is 377 g/mol. The van der Waals surface area contributed by atoms with Gasteiger partial charge < -0.3 is 4.74 Å². The first-order chi connectivity index (χ1) is 13.5. The Labute approximate surface area is 167 Å². The van der Waals surface area contributed by atoms with Crippen LogP contribution in [0.25, 0.3) is 10.8 Å². The molecule has 4 atom stereocenters. The van der Waals surface area contributed by atoms with Crippen molar-refractivity contribution in [2.45, 2.75) is 52.2 Å². The minimum atomic E-state index is 0.166. The quantitative estimate of drug-likeness (QED) is 0.605. The van der Waals surface area contributed by atoms with Crippen molar-refractivity contribution < 1.29 is 4.74 Å². The standard InChI is InChI=1S/C24H31N3O/c1-17(19-10-9-18-7-5-6-8-20(18)13-19)21-11-12-24(2,3)23(28-4)22(21)14-27-16-25-15-26-27/h5-10,13,15-17,21-23H,11-12,14H2,1-4H3/t17?,21-,22+,23-/m1/s1. The van der Waals surface area contributed by atoms with Crippen LogP contribution < -0.4 is 0 Å². The maximum Gasteiger partial charge on any atom is 0.137 e. The summed E-state index contributed by atoms with van der Waals surface area (Å²) in [5, 5.41) is 7.01.